The van der Waals surface area contributed by atoms with Crippen LogP contribution in [0.2, 0.25) is 0 Å². The molecule has 1 aromatic carbocycles. The highest BCUT2D eigenvalue weighted by atomic mass is 35.5. The summed E-state index contributed by atoms with van der Waals surface area (Å²) in [6, 6.07) is 9.37. The number of halogens is 2. The van der Waals surface area contributed by atoms with E-state index < -0.39 is 10.3 Å². The van der Waals surface area contributed by atoms with Gasteiger partial charge in [0.25, 0.3) is 0 Å². The first kappa shape index (κ1) is 15.5. The van der Waals surface area contributed by atoms with E-state index in [1.54, 1.807) is 0 Å². The van der Waals surface area contributed by atoms with Crippen LogP contribution < -0.4 is 5.32 Å². The molecule has 1 saturated carbocycles. The summed E-state index contributed by atoms with van der Waals surface area (Å²) in [5, 5.41) is 3.07. The lowest BCUT2D eigenvalue weighted by molar-refractivity contribution is -0.117. The smallest absolute Gasteiger partial charge is 0.232 e. The van der Waals surface area contributed by atoms with Gasteiger partial charge in [-0.2, -0.15) is 0 Å². The van der Waals surface area contributed by atoms with Gasteiger partial charge in [-0.1, -0.05) is 41.7 Å². The fourth-order valence-corrected chi connectivity index (χ4v) is 3.49. The Morgan fingerprint density at radius 1 is 1.32 bits per heavy atom. The number of thiazole rings is 1. The molecule has 1 aliphatic carbocycles. The van der Waals surface area contributed by atoms with Crippen LogP contribution in [-0.4, -0.2) is 21.0 Å². The van der Waals surface area contributed by atoms with Crippen molar-refractivity contribution in [3.05, 3.63) is 35.2 Å². The van der Waals surface area contributed by atoms with Gasteiger partial charge in [0.05, 0.1) is 16.5 Å². The Morgan fingerprint density at radius 3 is 2.50 bits per heavy atom. The predicted octanol–water partition coefficient (Wildman–Crippen LogP) is 4.15. The number of carbonyl (C=O) groups excluding carboxylic acids is 2. The molecule has 0 saturated heterocycles. The highest BCUT2D eigenvalue weighted by Crippen LogP contribution is 2.53. The van der Waals surface area contributed by atoms with Gasteiger partial charge in [0.15, 0.2) is 10.9 Å². The third-order valence-electron chi connectivity index (χ3n) is 3.37. The summed E-state index contributed by atoms with van der Waals surface area (Å²) in [6.45, 7) is 1.48. The maximum Gasteiger partial charge on any atom is 0.232 e. The normalized spacial score (nSPS) is 18.8. The Bertz CT molecular complexity index is 743. The van der Waals surface area contributed by atoms with Crippen LogP contribution >= 0.6 is 34.5 Å². The van der Waals surface area contributed by atoms with Crippen LogP contribution in [0.4, 0.5) is 5.13 Å². The number of amides is 1. The molecule has 1 N–H and O–H groups in total. The molecule has 1 heterocycles. The fourth-order valence-electron chi connectivity index (χ4n) is 2.09. The first-order valence-corrected chi connectivity index (χ1v) is 8.21. The average molecular weight is 355 g/mol. The minimum atomic E-state index is -0.979. The number of anilines is 1. The molecule has 4 nitrogen and oxygen atoms in total. The van der Waals surface area contributed by atoms with Crippen molar-refractivity contribution in [2.45, 2.75) is 17.7 Å². The SMILES string of the molecule is CC(=O)c1sc(NC(=O)C2CC2(Cl)Cl)nc1-c1ccccc1. The molecule has 0 spiro atoms. The molecule has 22 heavy (non-hydrogen) atoms. The molecule has 7 heteroatoms. The van der Waals surface area contributed by atoms with Crippen molar-refractivity contribution in [2.24, 2.45) is 5.92 Å². The summed E-state index contributed by atoms with van der Waals surface area (Å²) >= 11 is 12.9. The van der Waals surface area contributed by atoms with E-state index >= 15 is 0 Å². The zero-order valence-corrected chi connectivity index (χ0v) is 13.9. The number of rotatable bonds is 4. The summed E-state index contributed by atoms with van der Waals surface area (Å²) in [5.74, 6) is -0.790. The van der Waals surface area contributed by atoms with Crippen LogP contribution in [0.3, 0.4) is 0 Å². The van der Waals surface area contributed by atoms with E-state index in [2.05, 4.69) is 10.3 Å². The number of ketones is 1. The summed E-state index contributed by atoms with van der Waals surface area (Å²) < 4.78 is -0.979. The summed E-state index contributed by atoms with van der Waals surface area (Å²) in [4.78, 5) is 28.7. The number of hydrogen-bond donors (Lipinski definition) is 1. The van der Waals surface area contributed by atoms with Gasteiger partial charge in [-0.15, -0.1) is 23.2 Å². The van der Waals surface area contributed by atoms with Crippen molar-refractivity contribution < 1.29 is 9.59 Å². The zero-order chi connectivity index (χ0) is 15.9. The molecule has 2 aromatic rings. The van der Waals surface area contributed by atoms with E-state index in [0.717, 1.165) is 16.9 Å². The van der Waals surface area contributed by atoms with E-state index in [1.807, 2.05) is 30.3 Å². The van der Waals surface area contributed by atoms with Gasteiger partial charge in [-0.3, -0.25) is 9.59 Å². The third-order valence-corrected chi connectivity index (χ3v) is 5.27. The standard InChI is InChI=1S/C15H12Cl2N2O2S/c1-8(20)12-11(9-5-3-2-4-6-9)18-14(22-12)19-13(21)10-7-15(10,16)17/h2-6,10H,7H2,1H3,(H,18,19,21). The quantitative estimate of drug-likeness (QED) is 0.662. The number of aromatic nitrogens is 1. The Labute approximate surface area is 141 Å². The number of benzene rings is 1. The van der Waals surface area contributed by atoms with Crippen molar-refractivity contribution >= 4 is 51.4 Å². The minimum absolute atomic E-state index is 0.0905. The molecule has 1 aromatic heterocycles. The lowest BCUT2D eigenvalue weighted by Crippen LogP contribution is -2.16. The van der Waals surface area contributed by atoms with Crippen LogP contribution in [0, 0.1) is 5.92 Å². The van der Waals surface area contributed by atoms with Crippen molar-refractivity contribution in [3.63, 3.8) is 0 Å². The molecule has 1 aliphatic rings. The number of carbonyl (C=O) groups is 2. The van der Waals surface area contributed by atoms with Crippen LogP contribution in [0.25, 0.3) is 11.3 Å². The predicted molar refractivity (Wildman–Crippen MR) is 88.7 cm³/mol. The molecule has 114 valence electrons. The molecule has 1 fully saturated rings. The van der Waals surface area contributed by atoms with Crippen LogP contribution in [0.1, 0.15) is 23.0 Å². The largest absolute Gasteiger partial charge is 0.302 e. The lowest BCUT2D eigenvalue weighted by atomic mass is 10.1. The maximum atomic E-state index is 12.0. The molecule has 0 radical (unpaired) electrons. The second-order valence-electron chi connectivity index (χ2n) is 5.13. The van der Waals surface area contributed by atoms with Crippen LogP contribution in [-0.2, 0) is 4.79 Å². The van der Waals surface area contributed by atoms with Gasteiger partial charge in [0, 0.05) is 12.5 Å². The second-order valence-corrected chi connectivity index (χ2v) is 7.67. The second kappa shape index (κ2) is 5.65. The van der Waals surface area contributed by atoms with Crippen molar-refractivity contribution in [1.82, 2.24) is 4.98 Å². The minimum Gasteiger partial charge on any atom is -0.302 e. The van der Waals surface area contributed by atoms with E-state index in [1.165, 1.54) is 6.92 Å². The Kier molecular flexibility index (Phi) is 3.97. The summed E-state index contributed by atoms with van der Waals surface area (Å²) in [7, 11) is 0. The van der Waals surface area contributed by atoms with Crippen molar-refractivity contribution in [3.8, 4) is 11.3 Å². The highest BCUT2D eigenvalue weighted by Gasteiger charge is 2.56. The van der Waals surface area contributed by atoms with E-state index in [0.29, 0.717) is 22.1 Å². The van der Waals surface area contributed by atoms with Gasteiger partial charge in [0.1, 0.15) is 4.33 Å². The Morgan fingerprint density at radius 2 is 1.95 bits per heavy atom. The molecule has 1 atom stereocenters. The van der Waals surface area contributed by atoms with Gasteiger partial charge in [-0.05, 0) is 6.42 Å². The van der Waals surface area contributed by atoms with Crippen LogP contribution in [0.5, 0.6) is 0 Å². The molecular formula is C15H12Cl2N2O2S. The van der Waals surface area contributed by atoms with Gasteiger partial charge < -0.3 is 5.32 Å². The molecule has 0 aliphatic heterocycles. The third kappa shape index (κ3) is 3.02. The van der Waals surface area contributed by atoms with Gasteiger partial charge in [0.2, 0.25) is 5.91 Å². The van der Waals surface area contributed by atoms with E-state index in [4.69, 9.17) is 23.2 Å². The monoisotopic (exact) mass is 354 g/mol. The molecule has 1 unspecified atom stereocenters. The molecule has 3 rings (SSSR count). The number of Topliss-reactive ketones (excluding diaryl/α,β-unsaturated/α-hetero) is 1. The van der Waals surface area contributed by atoms with Crippen LogP contribution in [0.15, 0.2) is 30.3 Å². The highest BCUT2D eigenvalue weighted by molar-refractivity contribution is 7.18. The lowest BCUT2D eigenvalue weighted by Gasteiger charge is -2.00. The molecule has 0 bridgehead atoms. The fraction of sp³-hybridized carbons (Fsp3) is 0.267. The number of hydrogen-bond acceptors (Lipinski definition) is 4. The maximum absolute atomic E-state index is 12.0. The first-order chi connectivity index (χ1) is 10.4. The van der Waals surface area contributed by atoms with E-state index in [9.17, 15) is 9.59 Å². The topological polar surface area (TPSA) is 59.1 Å². The van der Waals surface area contributed by atoms with Gasteiger partial charge >= 0.3 is 0 Å². The zero-order valence-electron chi connectivity index (χ0n) is 11.6. The molecule has 1 amide bonds. The number of nitrogens with zero attached hydrogens (tertiary/aromatic N) is 1. The number of alkyl halides is 2. The average Bonchev–Trinajstić information content (AvgIpc) is 2.93. The molecular weight excluding hydrogens is 343 g/mol. The Hall–Kier alpha value is -1.43. The summed E-state index contributed by atoms with van der Waals surface area (Å²) in [6.07, 6.45) is 0.429. The van der Waals surface area contributed by atoms with Gasteiger partial charge in [-0.25, -0.2) is 4.98 Å². The summed E-state index contributed by atoms with van der Waals surface area (Å²) in [5.41, 5.74) is 1.41. The van der Waals surface area contributed by atoms with Crippen molar-refractivity contribution in [2.75, 3.05) is 5.32 Å². The first-order valence-electron chi connectivity index (χ1n) is 6.64. The van der Waals surface area contributed by atoms with Crippen molar-refractivity contribution in [1.29, 1.82) is 0 Å². The Balaban J connectivity index is 1.88. The van der Waals surface area contributed by atoms with E-state index in [-0.39, 0.29) is 11.7 Å². The number of nitrogens with one attached hydrogen (secondary N) is 1.